The van der Waals surface area contributed by atoms with E-state index in [0.717, 1.165) is 56.6 Å². The molecule has 3 saturated carbocycles. The number of fused-ring (bicyclic) bond motifs is 5. The van der Waals surface area contributed by atoms with Crippen molar-refractivity contribution in [2.75, 3.05) is 0 Å². The summed E-state index contributed by atoms with van der Waals surface area (Å²) in [6, 6.07) is 0. The minimum atomic E-state index is -0.892. The number of hydrogen-bond acceptors (Lipinski definition) is 3. The van der Waals surface area contributed by atoms with E-state index in [1.165, 1.54) is 18.4 Å². The predicted octanol–water partition coefficient (Wildman–Crippen LogP) is 4.14. The van der Waals surface area contributed by atoms with Gasteiger partial charge in [0.1, 0.15) is 5.60 Å². The summed E-state index contributed by atoms with van der Waals surface area (Å²) in [5.74, 6) is 5.47. The number of hydrogen-bond donors (Lipinski definition) is 2. The highest BCUT2D eigenvalue weighted by Crippen LogP contribution is 2.66. The molecular weight excluding hydrogens is 298 g/mol. The molecule has 0 heterocycles. The van der Waals surface area contributed by atoms with Crippen molar-refractivity contribution in [1.82, 2.24) is 0 Å². The minimum absolute atomic E-state index is 0.0590. The summed E-state index contributed by atoms with van der Waals surface area (Å²) in [6.07, 6.45) is 17.4. The Morgan fingerprint density at radius 2 is 2.04 bits per heavy atom. The van der Waals surface area contributed by atoms with Crippen molar-refractivity contribution in [1.29, 1.82) is 0 Å². The van der Waals surface area contributed by atoms with Crippen molar-refractivity contribution in [3.05, 3.63) is 11.6 Å². The highest BCUT2D eigenvalue weighted by atomic mass is 16.4. The first-order valence-electron chi connectivity index (χ1n) is 9.70. The second-order valence-corrected chi connectivity index (χ2v) is 8.52. The van der Waals surface area contributed by atoms with Gasteiger partial charge < -0.3 is 10.3 Å². The van der Waals surface area contributed by atoms with E-state index in [0.29, 0.717) is 17.8 Å². The third-order valence-corrected chi connectivity index (χ3v) is 8.16. The van der Waals surface area contributed by atoms with Crippen LogP contribution in [0.1, 0.15) is 64.7 Å². The van der Waals surface area contributed by atoms with Crippen LogP contribution in [0, 0.1) is 41.4 Å². The van der Waals surface area contributed by atoms with Crippen LogP contribution in [0.2, 0.25) is 0 Å². The third-order valence-electron chi connectivity index (χ3n) is 8.16. The van der Waals surface area contributed by atoms with E-state index < -0.39 is 5.60 Å². The van der Waals surface area contributed by atoms with Gasteiger partial charge in [-0.15, -0.1) is 6.42 Å². The summed E-state index contributed by atoms with van der Waals surface area (Å²) >= 11 is 0. The van der Waals surface area contributed by atoms with Crippen LogP contribution in [-0.4, -0.2) is 21.6 Å². The number of terminal acetylenes is 1. The van der Waals surface area contributed by atoms with Crippen molar-refractivity contribution in [2.24, 2.45) is 34.2 Å². The van der Waals surface area contributed by atoms with Gasteiger partial charge in [0.15, 0.2) is 0 Å². The molecule has 24 heavy (non-hydrogen) atoms. The van der Waals surface area contributed by atoms with Crippen LogP contribution in [0.25, 0.3) is 0 Å². The number of rotatable bonds is 1. The lowest BCUT2D eigenvalue weighted by Crippen LogP contribution is -2.53. The normalized spacial score (nSPS) is 48.9. The van der Waals surface area contributed by atoms with E-state index in [4.69, 9.17) is 11.6 Å². The van der Waals surface area contributed by atoms with Crippen molar-refractivity contribution in [3.63, 3.8) is 0 Å². The van der Waals surface area contributed by atoms with Gasteiger partial charge in [-0.25, -0.2) is 0 Å². The Hall–Kier alpha value is -1.27. The molecule has 0 radical (unpaired) electrons. The van der Waals surface area contributed by atoms with Crippen molar-refractivity contribution >= 4 is 5.71 Å². The molecular formula is C21H29NO2. The van der Waals surface area contributed by atoms with Crippen molar-refractivity contribution in [2.45, 2.75) is 70.3 Å². The molecule has 4 aliphatic carbocycles. The molecule has 3 heteroatoms. The van der Waals surface area contributed by atoms with E-state index in [1.807, 2.05) is 0 Å². The molecule has 2 N–H and O–H groups in total. The quantitative estimate of drug-likeness (QED) is 0.432. The summed E-state index contributed by atoms with van der Waals surface area (Å²) < 4.78 is 0. The molecule has 130 valence electrons. The maximum atomic E-state index is 11.1. The molecule has 6 atom stereocenters. The smallest absolute Gasteiger partial charge is 0.131 e. The topological polar surface area (TPSA) is 52.8 Å². The molecule has 0 aromatic carbocycles. The Kier molecular flexibility index (Phi) is 3.80. The number of nitrogens with zero attached hydrogens (tertiary/aromatic N) is 1. The van der Waals surface area contributed by atoms with Gasteiger partial charge >= 0.3 is 0 Å². The summed E-state index contributed by atoms with van der Waals surface area (Å²) in [5.41, 5.74) is 1.40. The fourth-order valence-corrected chi connectivity index (χ4v) is 7.05. The van der Waals surface area contributed by atoms with Gasteiger partial charge in [0.25, 0.3) is 0 Å². The molecule has 0 saturated heterocycles. The first-order valence-corrected chi connectivity index (χ1v) is 9.70. The minimum Gasteiger partial charge on any atom is -0.411 e. The molecule has 3 nitrogen and oxygen atoms in total. The van der Waals surface area contributed by atoms with Gasteiger partial charge in [-0.3, -0.25) is 0 Å². The second kappa shape index (κ2) is 5.63. The Morgan fingerprint density at radius 3 is 2.75 bits per heavy atom. The molecule has 0 aromatic heterocycles. The lowest BCUT2D eigenvalue weighted by atomic mass is 9.49. The van der Waals surface area contributed by atoms with Gasteiger partial charge in [-0.2, -0.15) is 0 Å². The van der Waals surface area contributed by atoms with Gasteiger partial charge in [0, 0.05) is 5.41 Å². The first kappa shape index (κ1) is 16.2. The summed E-state index contributed by atoms with van der Waals surface area (Å²) in [5, 5.41) is 23.7. The molecule has 0 aromatic rings. The first-order chi connectivity index (χ1) is 11.6. The fourth-order valence-electron chi connectivity index (χ4n) is 7.05. The summed E-state index contributed by atoms with van der Waals surface area (Å²) in [7, 11) is 0. The Labute approximate surface area is 145 Å². The summed E-state index contributed by atoms with van der Waals surface area (Å²) in [6.45, 7) is 2.22. The molecule has 4 rings (SSSR count). The van der Waals surface area contributed by atoms with Crippen molar-refractivity contribution < 1.29 is 10.3 Å². The van der Waals surface area contributed by atoms with Crippen LogP contribution in [0.15, 0.2) is 16.8 Å². The lowest BCUT2D eigenvalue weighted by molar-refractivity contribution is -0.0989. The zero-order chi connectivity index (χ0) is 16.9. The Balaban J connectivity index is 1.65. The highest BCUT2D eigenvalue weighted by Gasteiger charge is 2.63. The van der Waals surface area contributed by atoms with E-state index in [-0.39, 0.29) is 5.41 Å². The summed E-state index contributed by atoms with van der Waals surface area (Å²) in [4.78, 5) is 0. The van der Waals surface area contributed by atoms with Crippen LogP contribution in [-0.2, 0) is 0 Å². The van der Waals surface area contributed by atoms with Crippen molar-refractivity contribution in [3.8, 4) is 12.3 Å². The zero-order valence-corrected chi connectivity index (χ0v) is 14.7. The molecule has 3 fully saturated rings. The monoisotopic (exact) mass is 327 g/mol. The molecule has 0 spiro atoms. The number of oxime groups is 1. The highest BCUT2D eigenvalue weighted by molar-refractivity contribution is 5.96. The fraction of sp³-hybridized carbons (Fsp3) is 0.762. The molecule has 4 aliphatic rings. The number of aliphatic hydroxyl groups is 1. The van der Waals surface area contributed by atoms with Gasteiger partial charge in [-0.1, -0.05) is 23.6 Å². The molecule has 0 amide bonds. The van der Waals surface area contributed by atoms with Crippen LogP contribution in [0.5, 0.6) is 0 Å². The lowest BCUT2D eigenvalue weighted by Gasteiger charge is -2.56. The standard InChI is InChI=1S/C21H29NO2/c1-3-20-11-9-17-16-8-6-15(22-24)13-14(16)5-7-18(17)19(20)10-12-21(20,23)4-2/h2,13,16-19,23-24H,3,5-12H2,1H3/t16-,17+,18+,19-,20+,21+/m0/s1. The van der Waals surface area contributed by atoms with Gasteiger partial charge in [-0.05, 0) is 87.5 Å². The van der Waals surface area contributed by atoms with E-state index in [9.17, 15) is 5.11 Å². The largest absolute Gasteiger partial charge is 0.411 e. The Bertz CT molecular complexity index is 630. The van der Waals surface area contributed by atoms with E-state index in [2.05, 4.69) is 24.1 Å². The third kappa shape index (κ3) is 1.99. The molecule has 0 unspecified atom stereocenters. The average molecular weight is 327 g/mol. The van der Waals surface area contributed by atoms with Crippen LogP contribution in [0.4, 0.5) is 0 Å². The van der Waals surface area contributed by atoms with E-state index >= 15 is 0 Å². The van der Waals surface area contributed by atoms with Gasteiger partial charge in [0.2, 0.25) is 0 Å². The van der Waals surface area contributed by atoms with Gasteiger partial charge in [0.05, 0.1) is 5.71 Å². The van der Waals surface area contributed by atoms with Crippen LogP contribution < -0.4 is 0 Å². The maximum absolute atomic E-state index is 11.1. The molecule has 0 aliphatic heterocycles. The second-order valence-electron chi connectivity index (χ2n) is 8.52. The van der Waals surface area contributed by atoms with E-state index in [1.54, 1.807) is 0 Å². The molecule has 0 bridgehead atoms. The SMILES string of the molecule is C#C[C@@]1(O)CC[C@H]2[C@@H]3CCC4=CC(=NO)CC[C@@H]4[C@H]3CC[C@]21CC. The maximum Gasteiger partial charge on any atom is 0.131 e. The van der Waals surface area contributed by atoms with Crippen LogP contribution >= 0.6 is 0 Å². The van der Waals surface area contributed by atoms with Crippen LogP contribution in [0.3, 0.4) is 0 Å². The predicted molar refractivity (Wildman–Crippen MR) is 94.7 cm³/mol. The number of allylic oxidation sites excluding steroid dienone is 2. The zero-order valence-electron chi connectivity index (χ0n) is 14.7. The average Bonchev–Trinajstić information content (AvgIpc) is 2.94. The Morgan fingerprint density at radius 1 is 1.21 bits per heavy atom.